The summed E-state index contributed by atoms with van der Waals surface area (Å²) < 4.78 is 39.9. The Bertz CT molecular complexity index is 1880. The van der Waals surface area contributed by atoms with Gasteiger partial charge in [-0.3, -0.25) is 5.10 Å². The van der Waals surface area contributed by atoms with Crippen LogP contribution in [0.2, 0.25) is 0 Å². The number of H-pyrrole nitrogens is 2. The maximum Gasteiger partial charge on any atom is 0.209 e. The van der Waals surface area contributed by atoms with Crippen LogP contribution in [0.15, 0.2) is 67.5 Å². The molecule has 0 fully saturated rings. The standard InChI is InChI=1S/C25H19FN8O2S/c1-37(35,36)31-9-14-4-15(6-18(26)5-14)19-2-3-29-24-20(19)8-22(32-24)23-21-7-16(12-30-25(21)34-33-23)17-10-27-13-28-11-17/h2-8,10-13,31H,9H2,1H3,(H,29,32)(H,30,33,34). The largest absolute Gasteiger partial charge is 0.338 e. The Labute approximate surface area is 210 Å². The van der Waals surface area contributed by atoms with Gasteiger partial charge in [-0.2, -0.15) is 5.10 Å². The van der Waals surface area contributed by atoms with E-state index in [4.69, 9.17) is 0 Å². The molecule has 5 heterocycles. The van der Waals surface area contributed by atoms with Crippen molar-refractivity contribution in [1.29, 1.82) is 0 Å². The average molecular weight is 515 g/mol. The molecule has 184 valence electrons. The van der Waals surface area contributed by atoms with Crippen LogP contribution < -0.4 is 4.72 Å². The van der Waals surface area contributed by atoms with Gasteiger partial charge in [-0.05, 0) is 53.1 Å². The van der Waals surface area contributed by atoms with Crippen molar-refractivity contribution in [2.75, 3.05) is 6.26 Å². The number of fused-ring (bicyclic) bond motifs is 2. The molecule has 0 spiro atoms. The van der Waals surface area contributed by atoms with Crippen molar-refractivity contribution in [1.82, 2.24) is 39.8 Å². The van der Waals surface area contributed by atoms with Crippen LogP contribution in [0.5, 0.6) is 0 Å². The van der Waals surface area contributed by atoms with Crippen molar-refractivity contribution in [3.63, 3.8) is 0 Å². The highest BCUT2D eigenvalue weighted by atomic mass is 32.2. The summed E-state index contributed by atoms with van der Waals surface area (Å²) in [6.07, 6.45) is 9.33. The van der Waals surface area contributed by atoms with Crippen molar-refractivity contribution in [2.45, 2.75) is 6.54 Å². The maximum absolute atomic E-state index is 14.5. The first-order chi connectivity index (χ1) is 17.8. The summed E-state index contributed by atoms with van der Waals surface area (Å²) in [6, 6.07) is 10.1. The molecule has 12 heteroatoms. The summed E-state index contributed by atoms with van der Waals surface area (Å²) in [6.45, 7) is -0.0166. The Morgan fingerprint density at radius 2 is 1.76 bits per heavy atom. The zero-order valence-corrected chi connectivity index (χ0v) is 20.2. The molecule has 1 aromatic carbocycles. The van der Waals surface area contributed by atoms with Crippen molar-refractivity contribution in [3.05, 3.63) is 78.9 Å². The Balaban J connectivity index is 1.44. The van der Waals surface area contributed by atoms with Gasteiger partial charge in [0.2, 0.25) is 10.0 Å². The van der Waals surface area contributed by atoms with E-state index in [1.54, 1.807) is 36.9 Å². The SMILES string of the molecule is CS(=O)(=O)NCc1cc(F)cc(-c2ccnc3[nH]c(-c4n[nH]c5ncc(-c6cncnc6)cc45)cc23)c1. The summed E-state index contributed by atoms with van der Waals surface area (Å²) in [7, 11) is -3.42. The molecule has 0 unspecified atom stereocenters. The first-order valence-electron chi connectivity index (χ1n) is 11.2. The highest BCUT2D eigenvalue weighted by molar-refractivity contribution is 7.88. The molecule has 5 aromatic heterocycles. The van der Waals surface area contributed by atoms with Crippen LogP contribution >= 0.6 is 0 Å². The van der Waals surface area contributed by atoms with Gasteiger partial charge in [0.15, 0.2) is 5.65 Å². The van der Waals surface area contributed by atoms with Crippen LogP contribution in [0.4, 0.5) is 4.39 Å². The maximum atomic E-state index is 14.5. The van der Waals surface area contributed by atoms with E-state index in [1.165, 1.54) is 18.5 Å². The second-order valence-electron chi connectivity index (χ2n) is 8.56. The second kappa shape index (κ2) is 8.84. The minimum absolute atomic E-state index is 0.0166. The van der Waals surface area contributed by atoms with Crippen molar-refractivity contribution < 1.29 is 12.8 Å². The molecule has 0 radical (unpaired) electrons. The lowest BCUT2D eigenvalue weighted by atomic mass is 10.0. The molecule has 0 saturated heterocycles. The fraction of sp³-hybridized carbons (Fsp3) is 0.0800. The van der Waals surface area contributed by atoms with Crippen LogP contribution in [-0.4, -0.2) is 49.8 Å². The van der Waals surface area contributed by atoms with E-state index in [0.29, 0.717) is 33.8 Å². The van der Waals surface area contributed by atoms with Crippen LogP contribution in [-0.2, 0) is 16.6 Å². The highest BCUT2D eigenvalue weighted by Gasteiger charge is 2.16. The fourth-order valence-electron chi connectivity index (χ4n) is 4.24. The summed E-state index contributed by atoms with van der Waals surface area (Å²) in [5, 5.41) is 9.00. The van der Waals surface area contributed by atoms with E-state index in [0.717, 1.165) is 33.7 Å². The molecule has 0 aliphatic carbocycles. The Morgan fingerprint density at radius 3 is 2.57 bits per heavy atom. The first-order valence-corrected chi connectivity index (χ1v) is 13.1. The second-order valence-corrected chi connectivity index (χ2v) is 10.4. The molecular weight excluding hydrogens is 495 g/mol. The van der Waals surface area contributed by atoms with Gasteiger partial charge in [0, 0.05) is 53.2 Å². The number of nitrogens with zero attached hydrogens (tertiary/aromatic N) is 5. The highest BCUT2D eigenvalue weighted by Crippen LogP contribution is 2.34. The third kappa shape index (κ3) is 4.55. The summed E-state index contributed by atoms with van der Waals surface area (Å²) in [5.41, 5.74) is 6.11. The number of aromatic amines is 2. The van der Waals surface area contributed by atoms with Crippen LogP contribution in [0, 0.1) is 5.82 Å². The Kier molecular flexibility index (Phi) is 5.46. The molecule has 37 heavy (non-hydrogen) atoms. The average Bonchev–Trinajstić information content (AvgIpc) is 3.51. The number of nitrogens with one attached hydrogen (secondary N) is 3. The molecule has 0 bridgehead atoms. The molecule has 0 amide bonds. The summed E-state index contributed by atoms with van der Waals surface area (Å²) in [4.78, 5) is 20.4. The minimum atomic E-state index is -3.42. The lowest BCUT2D eigenvalue weighted by molar-refractivity contribution is 0.586. The van der Waals surface area contributed by atoms with E-state index < -0.39 is 15.8 Å². The summed E-state index contributed by atoms with van der Waals surface area (Å²) >= 11 is 0. The predicted octanol–water partition coefficient (Wildman–Crippen LogP) is 3.81. The molecule has 0 atom stereocenters. The number of hydrogen-bond donors (Lipinski definition) is 3. The van der Waals surface area contributed by atoms with Gasteiger partial charge >= 0.3 is 0 Å². The van der Waals surface area contributed by atoms with Crippen LogP contribution in [0.1, 0.15) is 5.56 Å². The molecule has 0 aliphatic rings. The Hall–Kier alpha value is -4.55. The van der Waals surface area contributed by atoms with E-state index in [9.17, 15) is 12.8 Å². The summed E-state index contributed by atoms with van der Waals surface area (Å²) in [5.74, 6) is -0.467. The van der Waals surface area contributed by atoms with Gasteiger partial charge in [0.25, 0.3) is 0 Å². The fourth-order valence-corrected chi connectivity index (χ4v) is 4.67. The number of hydrogen-bond acceptors (Lipinski definition) is 7. The molecular formula is C25H19FN8O2S. The molecule has 6 aromatic rings. The number of benzene rings is 1. The lowest BCUT2D eigenvalue weighted by Gasteiger charge is -2.08. The lowest BCUT2D eigenvalue weighted by Crippen LogP contribution is -2.21. The normalized spacial score (nSPS) is 11.9. The third-order valence-electron chi connectivity index (χ3n) is 5.90. The predicted molar refractivity (Wildman–Crippen MR) is 137 cm³/mol. The topological polar surface area (TPSA) is 142 Å². The number of aromatic nitrogens is 7. The Morgan fingerprint density at radius 1 is 0.919 bits per heavy atom. The number of sulfonamides is 1. The minimum Gasteiger partial charge on any atom is -0.338 e. The van der Waals surface area contributed by atoms with Gasteiger partial charge in [-0.25, -0.2) is 37.5 Å². The van der Waals surface area contributed by atoms with Crippen molar-refractivity contribution >= 4 is 32.1 Å². The van der Waals surface area contributed by atoms with E-state index >= 15 is 0 Å². The molecule has 0 aliphatic heterocycles. The number of rotatable bonds is 6. The van der Waals surface area contributed by atoms with Crippen molar-refractivity contribution in [3.8, 4) is 33.6 Å². The van der Waals surface area contributed by atoms with Gasteiger partial charge in [0.1, 0.15) is 23.5 Å². The number of pyridine rings is 2. The monoisotopic (exact) mass is 514 g/mol. The van der Waals surface area contributed by atoms with Gasteiger partial charge < -0.3 is 4.98 Å². The molecule has 3 N–H and O–H groups in total. The van der Waals surface area contributed by atoms with Crippen LogP contribution in [0.25, 0.3) is 55.7 Å². The van der Waals surface area contributed by atoms with Crippen molar-refractivity contribution in [2.24, 2.45) is 0 Å². The number of halogens is 1. The quantitative estimate of drug-likeness (QED) is 0.307. The van der Waals surface area contributed by atoms with Gasteiger partial charge in [0.05, 0.1) is 11.9 Å². The third-order valence-corrected chi connectivity index (χ3v) is 6.57. The zero-order chi connectivity index (χ0) is 25.6. The molecule has 6 rings (SSSR count). The van der Waals surface area contributed by atoms with E-state index in [1.807, 2.05) is 12.1 Å². The first kappa shape index (κ1) is 22.9. The van der Waals surface area contributed by atoms with Gasteiger partial charge in [-0.15, -0.1) is 0 Å². The van der Waals surface area contributed by atoms with E-state index in [-0.39, 0.29) is 6.54 Å². The zero-order valence-electron chi connectivity index (χ0n) is 19.4. The molecule has 10 nitrogen and oxygen atoms in total. The van der Waals surface area contributed by atoms with Crippen LogP contribution in [0.3, 0.4) is 0 Å². The smallest absolute Gasteiger partial charge is 0.209 e. The molecule has 0 saturated carbocycles. The van der Waals surface area contributed by atoms with E-state index in [2.05, 4.69) is 39.8 Å². The van der Waals surface area contributed by atoms with Gasteiger partial charge in [-0.1, -0.05) is 0 Å².